The zero-order valence-electron chi connectivity index (χ0n) is 27.1. The summed E-state index contributed by atoms with van der Waals surface area (Å²) in [5.41, 5.74) is 13.9. The molecule has 0 saturated heterocycles. The van der Waals surface area contributed by atoms with Gasteiger partial charge in [-0.15, -0.1) is 0 Å². The molecule has 0 aliphatic heterocycles. The van der Waals surface area contributed by atoms with Crippen molar-refractivity contribution in [3.8, 4) is 11.4 Å². The highest BCUT2D eigenvalue weighted by atomic mass is 15.2. The average Bonchev–Trinajstić information content (AvgIpc) is 3.70. The van der Waals surface area contributed by atoms with E-state index in [-0.39, 0.29) is 0 Å². The van der Waals surface area contributed by atoms with Gasteiger partial charge in [0.2, 0.25) is 5.78 Å². The quantitative estimate of drug-likeness (QED) is 0.196. The predicted molar refractivity (Wildman–Crippen MR) is 193 cm³/mol. The smallest absolute Gasteiger partial charge is 0.220 e. The minimum atomic E-state index is 0.385. The predicted octanol–water partition coefficient (Wildman–Crippen LogP) is 10.6. The number of aromatic nitrogens is 4. The number of hydrogen-bond acceptors (Lipinski definition) is 1. The fourth-order valence-electron chi connectivity index (χ4n) is 10.9. The van der Waals surface area contributed by atoms with Crippen LogP contribution in [0.4, 0.5) is 0 Å². The van der Waals surface area contributed by atoms with Crippen molar-refractivity contribution >= 4 is 49.7 Å². The van der Waals surface area contributed by atoms with Crippen LogP contribution in [0.15, 0.2) is 103 Å². The summed E-state index contributed by atoms with van der Waals surface area (Å²) in [5.74, 6) is 3.78. The van der Waals surface area contributed by atoms with Gasteiger partial charge in [0.1, 0.15) is 0 Å². The van der Waals surface area contributed by atoms with Crippen LogP contribution < -0.4 is 0 Å². The summed E-state index contributed by atoms with van der Waals surface area (Å²) in [4.78, 5) is 5.19. The third-order valence-electron chi connectivity index (χ3n) is 12.2. The maximum Gasteiger partial charge on any atom is 0.220 e. The molecule has 4 nitrogen and oxygen atoms in total. The summed E-state index contributed by atoms with van der Waals surface area (Å²) in [6, 6.07) is 38.9. The summed E-state index contributed by atoms with van der Waals surface area (Å²) in [5, 5.41) is 2.74. The summed E-state index contributed by atoms with van der Waals surface area (Å²) in [7, 11) is 0. The lowest BCUT2D eigenvalue weighted by Crippen LogP contribution is -2.48. The van der Waals surface area contributed by atoms with Gasteiger partial charge in [-0.05, 0) is 153 Å². The van der Waals surface area contributed by atoms with Crippen LogP contribution in [-0.4, -0.2) is 18.5 Å². The molecule has 230 valence electrons. The molecule has 12 rings (SSSR count). The van der Waals surface area contributed by atoms with Crippen LogP contribution in [0.2, 0.25) is 0 Å². The van der Waals surface area contributed by atoms with E-state index in [1.54, 1.807) is 5.56 Å². The molecule has 0 unspecified atom stereocenters. The van der Waals surface area contributed by atoms with Gasteiger partial charge < -0.3 is 4.57 Å². The van der Waals surface area contributed by atoms with Gasteiger partial charge in [-0.25, -0.2) is 4.98 Å². The number of rotatable bonds is 3. The standard InChI is InChI=1S/C43H38N4/c1-26-15-27(2)17-33(16-26)46-40-14-12-32(22-41(40)47-39-10-6-4-8-36(39)44-42(46)47)45-37-9-5-3-7-34(37)35-21-31(11-13-38(35)45)43-23-28-18-29(24-43)20-30(19-28)25-43/h3-17,21-22,28-30H,18-20,23-25H2,1-2H3. The normalized spacial score (nSPS) is 23.7. The van der Waals surface area contributed by atoms with Crippen LogP contribution >= 0.6 is 0 Å². The molecular formula is C43H38N4. The van der Waals surface area contributed by atoms with E-state index in [2.05, 4.69) is 131 Å². The lowest BCUT2D eigenvalue weighted by atomic mass is 9.48. The van der Waals surface area contributed by atoms with Gasteiger partial charge in [-0.1, -0.05) is 42.5 Å². The summed E-state index contributed by atoms with van der Waals surface area (Å²) >= 11 is 0. The van der Waals surface area contributed by atoms with Crippen molar-refractivity contribution in [1.82, 2.24) is 18.5 Å². The molecule has 4 aliphatic carbocycles. The van der Waals surface area contributed by atoms with E-state index in [0.29, 0.717) is 5.41 Å². The van der Waals surface area contributed by atoms with Crippen molar-refractivity contribution in [2.75, 3.05) is 0 Å². The number of benzene rings is 5. The molecule has 0 amide bonds. The third-order valence-corrected chi connectivity index (χ3v) is 12.2. The maximum absolute atomic E-state index is 5.19. The second-order valence-corrected chi connectivity index (χ2v) is 15.4. The first-order valence-corrected chi connectivity index (χ1v) is 17.6. The summed E-state index contributed by atoms with van der Waals surface area (Å²) in [6.45, 7) is 4.35. The number of para-hydroxylation sites is 3. The number of imidazole rings is 2. The number of nitrogens with zero attached hydrogens (tertiary/aromatic N) is 4. The molecule has 0 spiro atoms. The Balaban J connectivity index is 1.16. The zero-order valence-corrected chi connectivity index (χ0v) is 27.1. The Morgan fingerprint density at radius 3 is 1.98 bits per heavy atom. The zero-order chi connectivity index (χ0) is 31.0. The van der Waals surface area contributed by atoms with E-state index >= 15 is 0 Å². The van der Waals surface area contributed by atoms with E-state index in [4.69, 9.17) is 4.98 Å². The van der Waals surface area contributed by atoms with Crippen molar-refractivity contribution in [2.45, 2.75) is 57.8 Å². The van der Waals surface area contributed by atoms with Gasteiger partial charge in [0, 0.05) is 22.1 Å². The SMILES string of the molecule is Cc1cc(C)cc(-n2c3ccc(-n4c5ccccc5c5cc(C67CC8CC(CC(C8)C6)C7)ccc54)cc3n3c4ccccc4nc23)c1. The van der Waals surface area contributed by atoms with Crippen LogP contribution in [0.25, 0.3) is 61.0 Å². The first kappa shape index (κ1) is 26.3. The molecule has 47 heavy (non-hydrogen) atoms. The first-order chi connectivity index (χ1) is 23.0. The average molecular weight is 611 g/mol. The van der Waals surface area contributed by atoms with Crippen molar-refractivity contribution < 1.29 is 0 Å². The van der Waals surface area contributed by atoms with Crippen molar-refractivity contribution in [1.29, 1.82) is 0 Å². The lowest BCUT2D eigenvalue weighted by Gasteiger charge is -2.57. The van der Waals surface area contributed by atoms with E-state index in [1.807, 2.05) is 0 Å². The van der Waals surface area contributed by atoms with Gasteiger partial charge in [0.25, 0.3) is 0 Å². The molecule has 0 N–H and O–H groups in total. The van der Waals surface area contributed by atoms with Gasteiger partial charge >= 0.3 is 0 Å². The molecule has 0 radical (unpaired) electrons. The van der Waals surface area contributed by atoms with Crippen LogP contribution in [0, 0.1) is 31.6 Å². The fourth-order valence-corrected chi connectivity index (χ4v) is 10.9. The largest absolute Gasteiger partial charge is 0.309 e. The topological polar surface area (TPSA) is 27.2 Å². The van der Waals surface area contributed by atoms with Gasteiger partial charge in [0.15, 0.2) is 0 Å². The molecule has 5 aromatic carbocycles. The highest BCUT2D eigenvalue weighted by molar-refractivity contribution is 6.10. The second kappa shape index (κ2) is 9.16. The van der Waals surface area contributed by atoms with Gasteiger partial charge in [0.05, 0.1) is 33.1 Å². The number of aryl methyl sites for hydroxylation is 2. The van der Waals surface area contributed by atoms with Crippen LogP contribution in [0.5, 0.6) is 0 Å². The Kier molecular flexibility index (Phi) is 5.12. The number of hydrogen-bond donors (Lipinski definition) is 0. The monoisotopic (exact) mass is 610 g/mol. The fraction of sp³-hybridized carbons (Fsp3) is 0.279. The maximum atomic E-state index is 5.19. The van der Waals surface area contributed by atoms with Crippen molar-refractivity contribution in [3.05, 3.63) is 120 Å². The molecular weight excluding hydrogens is 573 g/mol. The minimum Gasteiger partial charge on any atom is -0.309 e. The van der Waals surface area contributed by atoms with E-state index < -0.39 is 0 Å². The van der Waals surface area contributed by atoms with E-state index in [1.165, 1.54) is 82.7 Å². The molecule has 3 aromatic heterocycles. The van der Waals surface area contributed by atoms with Gasteiger partial charge in [-0.3, -0.25) is 8.97 Å². The van der Waals surface area contributed by atoms with E-state index in [0.717, 1.165) is 45.8 Å². The number of fused-ring (bicyclic) bond motifs is 8. The molecule has 4 saturated carbocycles. The van der Waals surface area contributed by atoms with Crippen LogP contribution in [0.1, 0.15) is 55.2 Å². The summed E-state index contributed by atoms with van der Waals surface area (Å²) in [6.07, 6.45) is 8.63. The first-order valence-electron chi connectivity index (χ1n) is 17.6. The second-order valence-electron chi connectivity index (χ2n) is 15.4. The Morgan fingerprint density at radius 1 is 0.553 bits per heavy atom. The van der Waals surface area contributed by atoms with Crippen molar-refractivity contribution in [2.24, 2.45) is 17.8 Å². The Morgan fingerprint density at radius 2 is 1.21 bits per heavy atom. The molecule has 3 heterocycles. The molecule has 4 aliphatic rings. The van der Waals surface area contributed by atoms with Crippen LogP contribution in [0.3, 0.4) is 0 Å². The highest BCUT2D eigenvalue weighted by Gasteiger charge is 2.51. The summed E-state index contributed by atoms with van der Waals surface area (Å²) < 4.78 is 7.18. The lowest BCUT2D eigenvalue weighted by molar-refractivity contribution is -0.00512. The van der Waals surface area contributed by atoms with E-state index in [9.17, 15) is 0 Å². The molecule has 0 atom stereocenters. The Hall–Kier alpha value is -4.83. The Labute approximate surface area is 274 Å². The molecule has 4 fully saturated rings. The minimum absolute atomic E-state index is 0.385. The molecule has 4 bridgehead atoms. The highest BCUT2D eigenvalue weighted by Crippen LogP contribution is 2.61. The van der Waals surface area contributed by atoms with Crippen LogP contribution in [-0.2, 0) is 5.41 Å². The van der Waals surface area contributed by atoms with Gasteiger partial charge in [-0.2, -0.15) is 0 Å². The Bertz CT molecular complexity index is 2530. The molecule has 8 aromatic rings. The van der Waals surface area contributed by atoms with Crippen molar-refractivity contribution in [3.63, 3.8) is 0 Å². The third kappa shape index (κ3) is 3.62. The molecule has 4 heteroatoms.